The predicted octanol–water partition coefficient (Wildman–Crippen LogP) is -7.39. The maximum absolute atomic E-state index is 9.51. The van der Waals surface area contributed by atoms with E-state index in [4.69, 9.17) is 19.4 Å². The van der Waals surface area contributed by atoms with E-state index in [1.165, 1.54) is 0 Å². The van der Waals surface area contributed by atoms with E-state index >= 15 is 0 Å². The summed E-state index contributed by atoms with van der Waals surface area (Å²) in [7, 11) is -10.0. The second-order valence-electron chi connectivity index (χ2n) is 1.19. The van der Waals surface area contributed by atoms with Crippen LogP contribution in [0.5, 0.6) is 0 Å². The van der Waals surface area contributed by atoms with Gasteiger partial charge in [-0.1, -0.05) is 8.67 Å². The molecule has 14 heavy (non-hydrogen) atoms. The van der Waals surface area contributed by atoms with Crippen molar-refractivity contribution >= 4 is 20.8 Å². The summed E-state index contributed by atoms with van der Waals surface area (Å²) < 4.78 is 83.3. The lowest BCUT2D eigenvalue weighted by molar-refractivity contribution is -1.63. The van der Waals surface area contributed by atoms with Gasteiger partial charge in [0.1, 0.15) is 0 Å². The monoisotopic (exact) mass is 370 g/mol. The van der Waals surface area contributed by atoms with Gasteiger partial charge in [-0.2, -0.15) is 16.8 Å². The molecule has 0 heterocycles. The molecule has 0 saturated carbocycles. The smallest absolute Gasteiger partial charge is 0.396 e. The third-order valence-electron chi connectivity index (χ3n) is 0.200. The lowest BCUT2D eigenvalue weighted by Gasteiger charge is -1.92. The molecule has 0 atom stereocenters. The van der Waals surface area contributed by atoms with Crippen LogP contribution < -0.4 is 27.9 Å². The molecule has 0 bridgehead atoms. The zero-order valence-corrected chi connectivity index (χ0v) is 9.59. The maximum Gasteiger partial charge on any atom is 0.503 e. The quantitative estimate of drug-likeness (QED) is 0.185. The van der Waals surface area contributed by atoms with E-state index in [1.807, 2.05) is 0 Å². The van der Waals surface area contributed by atoms with Crippen molar-refractivity contribution in [3.63, 3.8) is 0 Å². The average molecular weight is 370 g/mol. The van der Waals surface area contributed by atoms with Crippen LogP contribution in [0.25, 0.3) is 0 Å². The van der Waals surface area contributed by atoms with Gasteiger partial charge in [0, 0.05) is 0 Å². The van der Waals surface area contributed by atoms with Crippen LogP contribution in [0.2, 0.25) is 0 Å². The van der Waals surface area contributed by atoms with Gasteiger partial charge in [0.2, 0.25) is 0 Å². The molecule has 0 radical (unpaired) electrons. The Morgan fingerprint density at radius 1 is 0.929 bits per heavy atom. The van der Waals surface area contributed by atoms with Crippen LogP contribution in [0, 0.1) is 0 Å². The van der Waals surface area contributed by atoms with Crippen molar-refractivity contribution in [2.45, 2.75) is 0 Å². The van der Waals surface area contributed by atoms with Gasteiger partial charge in [-0.05, 0) is 3.44 Å². The van der Waals surface area contributed by atoms with Crippen molar-refractivity contribution < 1.29 is 66.0 Å². The van der Waals surface area contributed by atoms with Gasteiger partial charge in [0.25, 0.3) is 0 Å². The standard InChI is InChI=1S/HIO3.H2O8S2/c2-1(3)4;1-9(2,3)7-8-10(4,5)6/h2H;(H,1,2,3)(H,4,5,6). The van der Waals surface area contributed by atoms with Gasteiger partial charge in [-0.15, -0.1) is 0 Å². The van der Waals surface area contributed by atoms with Gasteiger partial charge in [-0.25, -0.2) is 0 Å². The maximum atomic E-state index is 9.51. The number of rotatable bonds is 3. The molecule has 11 nitrogen and oxygen atoms in total. The Balaban J connectivity index is 0. The molecule has 0 aliphatic heterocycles. The topological polar surface area (TPSA) is 194 Å². The van der Waals surface area contributed by atoms with Crippen molar-refractivity contribution in [2.75, 3.05) is 0 Å². The molecule has 0 fully saturated rings. The van der Waals surface area contributed by atoms with Crippen molar-refractivity contribution in [3.8, 4) is 0 Å². The molecule has 0 spiro atoms. The fraction of sp³-hybridized carbons (Fsp3) is 0. The summed E-state index contributed by atoms with van der Waals surface area (Å²) in [6.07, 6.45) is 0. The number of halogens is 1. The van der Waals surface area contributed by atoms with E-state index in [1.54, 1.807) is 0 Å². The molecule has 0 aromatic heterocycles. The van der Waals surface area contributed by atoms with E-state index in [2.05, 4.69) is 8.67 Å². The van der Waals surface area contributed by atoms with Gasteiger partial charge in [-0.3, -0.25) is 9.11 Å². The van der Waals surface area contributed by atoms with Crippen molar-refractivity contribution in [1.29, 1.82) is 0 Å². The second kappa shape index (κ2) is 6.76. The summed E-state index contributed by atoms with van der Waals surface area (Å²) in [6, 6.07) is 0. The largest absolute Gasteiger partial charge is 0.503 e. The first-order valence-electron chi connectivity index (χ1n) is 2.01. The van der Waals surface area contributed by atoms with Gasteiger partial charge in [0.05, 0.1) is 0 Å². The normalized spacial score (nSPS) is 12.1. The second-order valence-corrected chi connectivity index (χ2v) is 4.32. The average Bonchev–Trinajstić information content (AvgIpc) is 1.79. The Morgan fingerprint density at radius 2 is 1.07 bits per heavy atom. The molecule has 0 aliphatic rings. The minimum atomic E-state index is -5.02. The Labute approximate surface area is 86.8 Å². The van der Waals surface area contributed by atoms with Crippen LogP contribution in [0.1, 0.15) is 0 Å². The molecule has 0 unspecified atom stereocenters. The summed E-state index contributed by atoms with van der Waals surface area (Å²) in [6.45, 7) is 0. The van der Waals surface area contributed by atoms with E-state index in [9.17, 15) is 16.8 Å². The highest BCUT2D eigenvalue weighted by Gasteiger charge is 2.13. The molecule has 0 rings (SSSR count). The first-order chi connectivity index (χ1) is 5.94. The summed E-state index contributed by atoms with van der Waals surface area (Å²) in [5.74, 6) is 0. The van der Waals surface area contributed by atoms with Crippen molar-refractivity contribution in [2.24, 2.45) is 0 Å². The fourth-order valence-electron chi connectivity index (χ4n) is 0.0702. The summed E-state index contributed by atoms with van der Waals surface area (Å²) in [4.78, 5) is 0. The Kier molecular flexibility index (Phi) is 8.10. The van der Waals surface area contributed by atoms with Gasteiger partial charge in [0.15, 0.2) is 0 Å². The minimum absolute atomic E-state index is 2.78. The Hall–Kier alpha value is 0.350. The van der Waals surface area contributed by atoms with Crippen LogP contribution >= 0.6 is 0 Å². The summed E-state index contributed by atoms with van der Waals surface area (Å²) in [5, 5.41) is 0. The van der Waals surface area contributed by atoms with Crippen LogP contribution in [0.15, 0.2) is 0 Å². The highest BCUT2D eigenvalue weighted by atomic mass is 127. The zero-order valence-electron chi connectivity index (χ0n) is 5.80. The molecule has 0 saturated heterocycles. The third-order valence-corrected chi connectivity index (χ3v) is 0.766. The molecule has 14 heteroatoms. The molecule has 0 aliphatic carbocycles. The Morgan fingerprint density at radius 3 is 1.14 bits per heavy atom. The molecule has 88 valence electrons. The van der Waals surface area contributed by atoms with Crippen LogP contribution in [0.3, 0.4) is 0 Å². The SMILES string of the molecule is O=S(=O)(O)OOS(=O)(=O)O.[O-][I+2]([O-])O. The van der Waals surface area contributed by atoms with E-state index in [0.29, 0.717) is 0 Å². The van der Waals surface area contributed by atoms with Crippen LogP contribution in [-0.4, -0.2) is 29.4 Å². The molecular formula is H3IO11S2. The lowest BCUT2D eigenvalue weighted by atomic mass is 14.9. The Bertz CT molecular complexity index is 284. The molecule has 0 aromatic carbocycles. The van der Waals surface area contributed by atoms with E-state index < -0.39 is 41.9 Å². The third kappa shape index (κ3) is 29.4. The van der Waals surface area contributed by atoms with Crippen LogP contribution in [0.4, 0.5) is 0 Å². The molecule has 0 amide bonds. The first-order valence-corrected chi connectivity index (χ1v) is 7.47. The summed E-state index contributed by atoms with van der Waals surface area (Å²) >= 11 is -3.76. The predicted molar refractivity (Wildman–Crippen MR) is 27.5 cm³/mol. The fourth-order valence-corrected chi connectivity index (χ4v) is 0.632. The molecular weight excluding hydrogens is 367 g/mol. The molecule has 3 N–H and O–H groups in total. The van der Waals surface area contributed by atoms with Gasteiger partial charge >= 0.3 is 41.9 Å². The lowest BCUT2D eigenvalue weighted by Crippen LogP contribution is -3.98. The van der Waals surface area contributed by atoms with E-state index in [-0.39, 0.29) is 0 Å². The first kappa shape index (κ1) is 16.8. The number of hydrogen-bond acceptors (Lipinski definition) is 9. The van der Waals surface area contributed by atoms with Crippen molar-refractivity contribution in [3.05, 3.63) is 0 Å². The summed E-state index contributed by atoms with van der Waals surface area (Å²) in [5.41, 5.74) is 0. The molecule has 0 aromatic rings. The minimum Gasteiger partial charge on any atom is -0.396 e. The van der Waals surface area contributed by atoms with Gasteiger partial charge < -0.3 is 6.87 Å². The van der Waals surface area contributed by atoms with E-state index in [0.717, 1.165) is 0 Å². The highest BCUT2D eigenvalue weighted by Crippen LogP contribution is 1.92. The highest BCUT2D eigenvalue weighted by molar-refractivity contribution is 7.83. The van der Waals surface area contributed by atoms with Crippen LogP contribution in [-0.2, 0) is 29.5 Å². The number of hydrogen-bond donors (Lipinski definition) is 3. The zero-order chi connectivity index (χ0) is 12.0. The van der Waals surface area contributed by atoms with Crippen molar-refractivity contribution in [1.82, 2.24) is 0 Å².